The number of aromatic nitrogens is 5. The summed E-state index contributed by atoms with van der Waals surface area (Å²) in [5.74, 6) is 0.902. The van der Waals surface area contributed by atoms with E-state index in [0.29, 0.717) is 19.1 Å². The first kappa shape index (κ1) is 18.1. The third-order valence-corrected chi connectivity index (χ3v) is 4.72. The minimum atomic E-state index is 0.0216. The summed E-state index contributed by atoms with van der Waals surface area (Å²) in [6.07, 6.45) is 1.75. The van der Waals surface area contributed by atoms with Crippen molar-refractivity contribution in [2.75, 3.05) is 7.05 Å². The van der Waals surface area contributed by atoms with Gasteiger partial charge in [0.05, 0.1) is 17.8 Å². The molecule has 0 saturated carbocycles. The lowest BCUT2D eigenvalue weighted by Gasteiger charge is -2.17. The molecule has 26 heavy (non-hydrogen) atoms. The van der Waals surface area contributed by atoms with Gasteiger partial charge in [-0.2, -0.15) is 0 Å². The molecule has 2 aromatic heterocycles. The van der Waals surface area contributed by atoms with Crippen molar-refractivity contribution in [3.05, 3.63) is 64.1 Å². The van der Waals surface area contributed by atoms with Crippen molar-refractivity contribution >= 4 is 0 Å². The summed E-state index contributed by atoms with van der Waals surface area (Å²) in [6, 6.07) is 10.0. The summed E-state index contributed by atoms with van der Waals surface area (Å²) < 4.78 is 5.68. The molecule has 0 spiro atoms. The molecule has 0 atom stereocenters. The normalized spacial score (nSPS) is 11.7. The van der Waals surface area contributed by atoms with Crippen molar-refractivity contribution in [1.29, 1.82) is 0 Å². The van der Waals surface area contributed by atoms with Gasteiger partial charge in [0.2, 0.25) is 0 Å². The molecule has 0 saturated heterocycles. The molecule has 3 aromatic rings. The second kappa shape index (κ2) is 7.29. The van der Waals surface area contributed by atoms with Crippen LogP contribution in [0.3, 0.4) is 0 Å². The van der Waals surface area contributed by atoms with E-state index in [4.69, 9.17) is 0 Å². The Kier molecular flexibility index (Phi) is 5.08. The number of benzene rings is 1. The van der Waals surface area contributed by atoms with Gasteiger partial charge >= 0.3 is 0 Å². The largest absolute Gasteiger partial charge is 0.314 e. The van der Waals surface area contributed by atoms with Gasteiger partial charge in [-0.3, -0.25) is 14.4 Å². The van der Waals surface area contributed by atoms with Gasteiger partial charge in [0.25, 0.3) is 5.56 Å². The molecule has 0 aliphatic rings. The van der Waals surface area contributed by atoms with Gasteiger partial charge < -0.3 is 4.57 Å². The highest BCUT2D eigenvalue weighted by Gasteiger charge is 2.18. The van der Waals surface area contributed by atoms with Gasteiger partial charge in [-0.25, -0.2) is 4.68 Å². The van der Waals surface area contributed by atoms with Gasteiger partial charge in [-0.15, -0.1) is 10.2 Å². The van der Waals surface area contributed by atoms with Crippen molar-refractivity contribution in [2.24, 2.45) is 7.05 Å². The average Bonchev–Trinajstić information content (AvgIpc) is 3.15. The maximum atomic E-state index is 13.0. The van der Waals surface area contributed by atoms with Crippen LogP contribution >= 0.6 is 0 Å². The van der Waals surface area contributed by atoms with Gasteiger partial charge in [0.15, 0.2) is 0 Å². The highest BCUT2D eigenvalue weighted by Crippen LogP contribution is 2.13. The first-order valence-electron chi connectivity index (χ1n) is 8.80. The van der Waals surface area contributed by atoms with Crippen molar-refractivity contribution in [2.45, 2.75) is 39.9 Å². The quantitative estimate of drug-likeness (QED) is 0.681. The van der Waals surface area contributed by atoms with Crippen LogP contribution in [0.4, 0.5) is 0 Å². The Hall–Kier alpha value is -2.67. The fourth-order valence-corrected chi connectivity index (χ4v) is 3.18. The van der Waals surface area contributed by atoms with E-state index >= 15 is 0 Å². The smallest absolute Gasteiger partial charge is 0.276 e. The monoisotopic (exact) mass is 354 g/mol. The van der Waals surface area contributed by atoms with Gasteiger partial charge in [0.1, 0.15) is 12.2 Å². The molecule has 3 rings (SSSR count). The van der Waals surface area contributed by atoms with Crippen LogP contribution in [-0.4, -0.2) is 36.1 Å². The van der Waals surface area contributed by atoms with Crippen LogP contribution in [0, 0.1) is 6.92 Å². The lowest BCUT2D eigenvalue weighted by molar-refractivity contribution is 0.300. The van der Waals surface area contributed by atoms with Crippen LogP contribution < -0.4 is 5.56 Å². The van der Waals surface area contributed by atoms with E-state index in [-0.39, 0.29) is 5.56 Å². The van der Waals surface area contributed by atoms with E-state index in [2.05, 4.69) is 33.5 Å². The first-order chi connectivity index (χ1) is 12.4. The number of rotatable bonds is 6. The van der Waals surface area contributed by atoms with E-state index in [0.717, 1.165) is 22.8 Å². The lowest BCUT2D eigenvalue weighted by Crippen LogP contribution is -2.26. The predicted molar refractivity (Wildman–Crippen MR) is 101 cm³/mol. The molecule has 7 heteroatoms. The molecule has 0 aliphatic heterocycles. The number of nitrogens with zero attached hydrogens (tertiary/aromatic N) is 6. The summed E-state index contributed by atoms with van der Waals surface area (Å²) in [5, 5.41) is 8.23. The SMILES string of the molecule is Cc1c(CN(C)Cc2nncn2C(C)C)c(=O)n(-c2ccccc2)n1C. The Bertz CT molecular complexity index is 935. The van der Waals surface area contributed by atoms with Crippen molar-refractivity contribution in [3.63, 3.8) is 0 Å². The summed E-state index contributed by atoms with van der Waals surface area (Å²) in [4.78, 5) is 15.1. The van der Waals surface area contributed by atoms with Gasteiger partial charge in [-0.05, 0) is 40.0 Å². The zero-order valence-corrected chi connectivity index (χ0v) is 16.0. The summed E-state index contributed by atoms with van der Waals surface area (Å²) >= 11 is 0. The van der Waals surface area contributed by atoms with Crippen molar-refractivity contribution < 1.29 is 0 Å². The molecular weight excluding hydrogens is 328 g/mol. The molecule has 0 N–H and O–H groups in total. The highest BCUT2D eigenvalue weighted by molar-refractivity contribution is 5.33. The van der Waals surface area contributed by atoms with E-state index < -0.39 is 0 Å². The fourth-order valence-electron chi connectivity index (χ4n) is 3.18. The molecule has 1 aromatic carbocycles. The molecule has 0 fully saturated rings. The van der Waals surface area contributed by atoms with E-state index in [1.165, 1.54) is 0 Å². The van der Waals surface area contributed by atoms with Crippen LogP contribution in [0.15, 0.2) is 41.5 Å². The third kappa shape index (κ3) is 3.35. The fraction of sp³-hybridized carbons (Fsp3) is 0.421. The predicted octanol–water partition coefficient (Wildman–Crippen LogP) is 2.29. The van der Waals surface area contributed by atoms with Crippen LogP contribution in [0.2, 0.25) is 0 Å². The van der Waals surface area contributed by atoms with Crippen LogP contribution in [-0.2, 0) is 20.1 Å². The van der Waals surface area contributed by atoms with Gasteiger partial charge in [-0.1, -0.05) is 18.2 Å². The number of hydrogen-bond donors (Lipinski definition) is 0. The first-order valence-corrected chi connectivity index (χ1v) is 8.80. The molecule has 0 radical (unpaired) electrons. The topological polar surface area (TPSA) is 60.9 Å². The lowest BCUT2D eigenvalue weighted by atomic mass is 10.2. The molecule has 138 valence electrons. The van der Waals surface area contributed by atoms with Crippen LogP contribution in [0.25, 0.3) is 5.69 Å². The Morgan fingerprint density at radius 2 is 1.85 bits per heavy atom. The van der Waals surface area contributed by atoms with Crippen molar-refractivity contribution in [1.82, 2.24) is 29.0 Å². The van der Waals surface area contributed by atoms with Crippen LogP contribution in [0.5, 0.6) is 0 Å². The minimum absolute atomic E-state index is 0.0216. The standard InChI is InChI=1S/C19H26N6O/c1-14(2)24-13-20-21-18(24)12-22(4)11-17-15(3)23(5)25(19(17)26)16-9-7-6-8-10-16/h6-10,13-14H,11-12H2,1-5H3. The number of hydrogen-bond acceptors (Lipinski definition) is 4. The molecule has 2 heterocycles. The Balaban J connectivity index is 1.86. The van der Waals surface area contributed by atoms with E-state index in [9.17, 15) is 4.79 Å². The second-order valence-electron chi connectivity index (χ2n) is 6.96. The summed E-state index contributed by atoms with van der Waals surface area (Å²) in [6.45, 7) is 7.39. The van der Waals surface area contributed by atoms with E-state index in [1.54, 1.807) is 11.0 Å². The highest BCUT2D eigenvalue weighted by atomic mass is 16.1. The van der Waals surface area contributed by atoms with Crippen LogP contribution in [0.1, 0.15) is 37.0 Å². The molecule has 0 unspecified atom stereocenters. The summed E-state index contributed by atoms with van der Waals surface area (Å²) in [7, 11) is 3.92. The zero-order chi connectivity index (χ0) is 18.8. The Labute approximate surface area is 153 Å². The van der Waals surface area contributed by atoms with Gasteiger partial charge in [0, 0.05) is 25.3 Å². The van der Waals surface area contributed by atoms with Crippen molar-refractivity contribution in [3.8, 4) is 5.69 Å². The zero-order valence-electron chi connectivity index (χ0n) is 16.0. The Morgan fingerprint density at radius 1 is 1.15 bits per heavy atom. The molecule has 0 bridgehead atoms. The number of para-hydroxylation sites is 1. The maximum absolute atomic E-state index is 13.0. The molecule has 0 amide bonds. The average molecular weight is 354 g/mol. The second-order valence-corrected chi connectivity index (χ2v) is 6.96. The maximum Gasteiger partial charge on any atom is 0.276 e. The van der Waals surface area contributed by atoms with E-state index in [1.807, 2.05) is 56.0 Å². The summed E-state index contributed by atoms with van der Waals surface area (Å²) in [5.41, 5.74) is 2.66. The Morgan fingerprint density at radius 3 is 2.50 bits per heavy atom. The minimum Gasteiger partial charge on any atom is -0.314 e. The molecular formula is C19H26N6O. The molecule has 7 nitrogen and oxygen atoms in total. The molecule has 0 aliphatic carbocycles. The third-order valence-electron chi connectivity index (χ3n) is 4.72.